The van der Waals surface area contributed by atoms with Gasteiger partial charge in [-0.2, -0.15) is 0 Å². The number of anilines is 1. The summed E-state index contributed by atoms with van der Waals surface area (Å²) >= 11 is 0. The Labute approximate surface area is 138 Å². The van der Waals surface area contributed by atoms with Crippen LogP contribution in [-0.2, 0) is 6.54 Å². The number of carbonyl (C=O) groups is 1. The zero-order valence-electron chi connectivity index (χ0n) is 14.0. The van der Waals surface area contributed by atoms with Crippen LogP contribution in [0.5, 0.6) is 5.75 Å². The fraction of sp³-hybridized carbons (Fsp3) is 0.316. The molecule has 0 aliphatic heterocycles. The Bertz CT molecular complexity index is 619. The molecular weight excluding hydrogens is 288 g/mol. The molecule has 4 heteroatoms. The minimum atomic E-state index is -0.0799. The van der Waals surface area contributed by atoms with Gasteiger partial charge < -0.3 is 15.0 Å². The standard InChI is InChI=1S/C19H24N2O2/c1-4-13-23-18-11-7-16(8-12-18)19(22)20-14-15-5-9-17(10-6-15)21(2)3/h5-12H,4,13-14H2,1-3H3,(H,20,22). The molecule has 1 amide bonds. The highest BCUT2D eigenvalue weighted by Crippen LogP contribution is 2.14. The maximum absolute atomic E-state index is 12.2. The zero-order chi connectivity index (χ0) is 16.7. The molecule has 23 heavy (non-hydrogen) atoms. The summed E-state index contributed by atoms with van der Waals surface area (Å²) in [4.78, 5) is 14.2. The van der Waals surface area contributed by atoms with E-state index < -0.39 is 0 Å². The van der Waals surface area contributed by atoms with Gasteiger partial charge >= 0.3 is 0 Å². The SMILES string of the molecule is CCCOc1ccc(C(=O)NCc2ccc(N(C)C)cc2)cc1. The number of carbonyl (C=O) groups excluding carboxylic acids is 1. The van der Waals surface area contributed by atoms with Crippen molar-refractivity contribution in [1.82, 2.24) is 5.32 Å². The summed E-state index contributed by atoms with van der Waals surface area (Å²) in [7, 11) is 4.01. The number of nitrogens with one attached hydrogen (secondary N) is 1. The molecule has 122 valence electrons. The van der Waals surface area contributed by atoms with Gasteiger partial charge in [-0.3, -0.25) is 4.79 Å². The second kappa shape index (κ2) is 8.22. The molecule has 0 saturated carbocycles. The highest BCUT2D eigenvalue weighted by atomic mass is 16.5. The molecule has 0 radical (unpaired) electrons. The molecule has 0 atom stereocenters. The molecular formula is C19H24N2O2. The van der Waals surface area contributed by atoms with E-state index in [1.165, 1.54) is 0 Å². The van der Waals surface area contributed by atoms with Gasteiger partial charge in [0.2, 0.25) is 0 Å². The lowest BCUT2D eigenvalue weighted by Gasteiger charge is -2.13. The van der Waals surface area contributed by atoms with E-state index in [0.29, 0.717) is 18.7 Å². The average molecular weight is 312 g/mol. The van der Waals surface area contributed by atoms with Crippen LogP contribution in [0.2, 0.25) is 0 Å². The molecule has 1 N–H and O–H groups in total. The molecule has 2 rings (SSSR count). The molecule has 0 aliphatic carbocycles. The van der Waals surface area contributed by atoms with Crippen LogP contribution < -0.4 is 15.0 Å². The normalized spacial score (nSPS) is 10.2. The van der Waals surface area contributed by atoms with Gasteiger partial charge in [-0.25, -0.2) is 0 Å². The van der Waals surface area contributed by atoms with Crippen molar-refractivity contribution in [1.29, 1.82) is 0 Å². The van der Waals surface area contributed by atoms with E-state index in [0.717, 1.165) is 23.4 Å². The van der Waals surface area contributed by atoms with Gasteiger partial charge in [0, 0.05) is 31.9 Å². The first-order chi connectivity index (χ1) is 11.1. The van der Waals surface area contributed by atoms with E-state index in [-0.39, 0.29) is 5.91 Å². The fourth-order valence-electron chi connectivity index (χ4n) is 2.12. The monoisotopic (exact) mass is 312 g/mol. The van der Waals surface area contributed by atoms with Crippen LogP contribution in [0.4, 0.5) is 5.69 Å². The quantitative estimate of drug-likeness (QED) is 0.851. The topological polar surface area (TPSA) is 41.6 Å². The third kappa shape index (κ3) is 5.02. The Morgan fingerprint density at radius 1 is 1.04 bits per heavy atom. The maximum atomic E-state index is 12.2. The van der Waals surface area contributed by atoms with Crippen molar-refractivity contribution in [3.8, 4) is 5.75 Å². The largest absolute Gasteiger partial charge is 0.494 e. The lowest BCUT2D eigenvalue weighted by atomic mass is 10.1. The van der Waals surface area contributed by atoms with E-state index in [9.17, 15) is 4.79 Å². The van der Waals surface area contributed by atoms with Crippen LogP contribution in [0.15, 0.2) is 48.5 Å². The van der Waals surface area contributed by atoms with E-state index in [1.54, 1.807) is 12.1 Å². The van der Waals surface area contributed by atoms with Crippen molar-refractivity contribution >= 4 is 11.6 Å². The van der Waals surface area contributed by atoms with Crippen molar-refractivity contribution in [2.75, 3.05) is 25.6 Å². The minimum absolute atomic E-state index is 0.0799. The molecule has 0 fully saturated rings. The van der Waals surface area contributed by atoms with Crippen LogP contribution in [-0.4, -0.2) is 26.6 Å². The number of rotatable bonds is 7. The van der Waals surface area contributed by atoms with Crippen LogP contribution in [0, 0.1) is 0 Å². The van der Waals surface area contributed by atoms with Crippen LogP contribution in [0.3, 0.4) is 0 Å². The minimum Gasteiger partial charge on any atom is -0.494 e. The Hall–Kier alpha value is -2.49. The predicted molar refractivity (Wildman–Crippen MR) is 94.2 cm³/mol. The van der Waals surface area contributed by atoms with Gasteiger partial charge in [-0.15, -0.1) is 0 Å². The highest BCUT2D eigenvalue weighted by Gasteiger charge is 2.05. The predicted octanol–water partition coefficient (Wildman–Crippen LogP) is 3.47. The van der Waals surface area contributed by atoms with Crippen LogP contribution in [0.25, 0.3) is 0 Å². The third-order valence-electron chi connectivity index (χ3n) is 3.50. The third-order valence-corrected chi connectivity index (χ3v) is 3.50. The average Bonchev–Trinajstić information content (AvgIpc) is 2.58. The van der Waals surface area contributed by atoms with Gasteiger partial charge in [0.25, 0.3) is 5.91 Å². The van der Waals surface area contributed by atoms with Crippen molar-refractivity contribution in [3.05, 3.63) is 59.7 Å². The van der Waals surface area contributed by atoms with Crippen molar-refractivity contribution < 1.29 is 9.53 Å². The molecule has 0 spiro atoms. The summed E-state index contributed by atoms with van der Waals surface area (Å²) in [5.41, 5.74) is 2.85. The molecule has 2 aromatic carbocycles. The molecule has 4 nitrogen and oxygen atoms in total. The van der Waals surface area contributed by atoms with Crippen molar-refractivity contribution in [2.45, 2.75) is 19.9 Å². The molecule has 0 saturated heterocycles. The number of ether oxygens (including phenoxy) is 1. The second-order valence-corrected chi connectivity index (χ2v) is 5.62. The molecule has 0 unspecified atom stereocenters. The molecule has 0 heterocycles. The summed E-state index contributed by atoms with van der Waals surface area (Å²) in [5, 5.41) is 2.93. The Morgan fingerprint density at radius 3 is 2.26 bits per heavy atom. The van der Waals surface area contributed by atoms with Crippen molar-refractivity contribution in [3.63, 3.8) is 0 Å². The number of benzene rings is 2. The Morgan fingerprint density at radius 2 is 1.70 bits per heavy atom. The fourth-order valence-corrected chi connectivity index (χ4v) is 2.12. The summed E-state index contributed by atoms with van der Waals surface area (Å²) in [5.74, 6) is 0.714. The molecule has 0 bridgehead atoms. The summed E-state index contributed by atoms with van der Waals surface area (Å²) in [6.07, 6.45) is 0.967. The van der Waals surface area contributed by atoms with Gasteiger partial charge in [-0.1, -0.05) is 19.1 Å². The summed E-state index contributed by atoms with van der Waals surface area (Å²) in [6, 6.07) is 15.4. The van der Waals surface area contributed by atoms with E-state index >= 15 is 0 Å². The first-order valence-electron chi connectivity index (χ1n) is 7.87. The lowest BCUT2D eigenvalue weighted by molar-refractivity contribution is 0.0951. The summed E-state index contributed by atoms with van der Waals surface area (Å²) in [6.45, 7) is 3.27. The van der Waals surface area contributed by atoms with E-state index in [4.69, 9.17) is 4.74 Å². The first-order valence-corrected chi connectivity index (χ1v) is 7.87. The Kier molecular flexibility index (Phi) is 6.03. The van der Waals surface area contributed by atoms with Gasteiger partial charge in [-0.05, 0) is 48.4 Å². The van der Waals surface area contributed by atoms with E-state index in [1.807, 2.05) is 55.4 Å². The van der Waals surface area contributed by atoms with Gasteiger partial charge in [0.1, 0.15) is 5.75 Å². The lowest BCUT2D eigenvalue weighted by Crippen LogP contribution is -2.22. The maximum Gasteiger partial charge on any atom is 0.251 e. The van der Waals surface area contributed by atoms with Gasteiger partial charge in [0.05, 0.1) is 6.61 Å². The number of hydrogen-bond donors (Lipinski definition) is 1. The first kappa shape index (κ1) is 16.9. The summed E-state index contributed by atoms with van der Waals surface area (Å²) < 4.78 is 5.51. The Balaban J connectivity index is 1.88. The second-order valence-electron chi connectivity index (χ2n) is 5.62. The van der Waals surface area contributed by atoms with Crippen LogP contribution in [0.1, 0.15) is 29.3 Å². The molecule has 0 aromatic heterocycles. The van der Waals surface area contributed by atoms with Crippen molar-refractivity contribution in [2.24, 2.45) is 0 Å². The number of hydrogen-bond acceptors (Lipinski definition) is 3. The molecule has 0 aliphatic rings. The van der Waals surface area contributed by atoms with E-state index in [2.05, 4.69) is 12.2 Å². The highest BCUT2D eigenvalue weighted by molar-refractivity contribution is 5.94. The molecule has 2 aromatic rings. The smallest absolute Gasteiger partial charge is 0.251 e. The van der Waals surface area contributed by atoms with Crippen LogP contribution >= 0.6 is 0 Å². The number of nitrogens with zero attached hydrogens (tertiary/aromatic N) is 1. The number of amides is 1. The van der Waals surface area contributed by atoms with Gasteiger partial charge in [0.15, 0.2) is 0 Å². The zero-order valence-corrected chi connectivity index (χ0v) is 14.0.